The summed E-state index contributed by atoms with van der Waals surface area (Å²) in [7, 11) is -3.60. The monoisotopic (exact) mass is 384 g/mol. The number of halogens is 1. The molecular weight excluding hydrogens is 360 g/mol. The Hall–Kier alpha value is -1.11. The first-order valence-electron chi connectivity index (χ1n) is 9.03. The molecule has 2 aliphatic rings. The van der Waals surface area contributed by atoms with Crippen LogP contribution in [-0.4, -0.2) is 49.7 Å². The summed E-state index contributed by atoms with van der Waals surface area (Å²) >= 11 is 6.06. The second-order valence-electron chi connectivity index (χ2n) is 6.85. The van der Waals surface area contributed by atoms with E-state index in [1.807, 2.05) is 4.90 Å². The van der Waals surface area contributed by atoms with Crippen molar-refractivity contribution < 1.29 is 13.2 Å². The topological polar surface area (TPSA) is 57.7 Å². The molecule has 2 saturated heterocycles. The molecule has 0 bridgehead atoms. The molecule has 0 atom stereocenters. The molecule has 3 rings (SSSR count). The largest absolute Gasteiger partial charge is 0.342 e. The van der Waals surface area contributed by atoms with Crippen LogP contribution in [0.1, 0.15) is 38.5 Å². The molecule has 0 aromatic heterocycles. The molecule has 0 N–H and O–H groups in total. The smallest absolute Gasteiger partial charge is 0.244 e. The van der Waals surface area contributed by atoms with Crippen molar-refractivity contribution in [1.82, 2.24) is 9.21 Å². The Kier molecular flexibility index (Phi) is 6.02. The van der Waals surface area contributed by atoms with Gasteiger partial charge in [-0.3, -0.25) is 4.79 Å². The number of nitrogens with zero attached hydrogens (tertiary/aromatic N) is 2. The molecule has 1 amide bonds. The summed E-state index contributed by atoms with van der Waals surface area (Å²) in [6.07, 6.45) is 5.70. The molecule has 1 aromatic rings. The molecule has 0 spiro atoms. The van der Waals surface area contributed by atoms with Crippen LogP contribution < -0.4 is 0 Å². The predicted molar refractivity (Wildman–Crippen MR) is 98.0 cm³/mol. The Morgan fingerprint density at radius 3 is 2.16 bits per heavy atom. The highest BCUT2D eigenvalue weighted by Gasteiger charge is 2.34. The fourth-order valence-electron chi connectivity index (χ4n) is 3.69. The third-order valence-corrected chi connectivity index (χ3v) is 7.57. The Morgan fingerprint density at radius 1 is 0.960 bits per heavy atom. The maximum absolute atomic E-state index is 12.8. The van der Waals surface area contributed by atoms with Gasteiger partial charge in [0.1, 0.15) is 4.90 Å². The highest BCUT2D eigenvalue weighted by atomic mass is 35.5. The van der Waals surface area contributed by atoms with E-state index in [1.165, 1.54) is 23.2 Å². The fourth-order valence-corrected chi connectivity index (χ4v) is 5.65. The van der Waals surface area contributed by atoms with Gasteiger partial charge in [0.15, 0.2) is 0 Å². The van der Waals surface area contributed by atoms with E-state index in [-0.39, 0.29) is 21.7 Å². The number of sulfonamides is 1. The molecule has 5 nitrogen and oxygen atoms in total. The zero-order valence-corrected chi connectivity index (χ0v) is 15.9. The molecule has 2 heterocycles. The number of rotatable bonds is 3. The summed E-state index contributed by atoms with van der Waals surface area (Å²) in [5.41, 5.74) is 0. The first kappa shape index (κ1) is 18.7. The van der Waals surface area contributed by atoms with Gasteiger partial charge in [0, 0.05) is 32.1 Å². The van der Waals surface area contributed by atoms with Crippen LogP contribution in [0.2, 0.25) is 5.02 Å². The number of piperidine rings is 1. The van der Waals surface area contributed by atoms with Crippen molar-refractivity contribution in [1.29, 1.82) is 0 Å². The van der Waals surface area contributed by atoms with Crippen LogP contribution in [0.4, 0.5) is 0 Å². The number of likely N-dealkylation sites (tertiary alicyclic amines) is 1. The summed E-state index contributed by atoms with van der Waals surface area (Å²) in [6.45, 7) is 2.43. The lowest BCUT2D eigenvalue weighted by Crippen LogP contribution is -2.44. The van der Waals surface area contributed by atoms with Crippen LogP contribution in [0.15, 0.2) is 29.2 Å². The van der Waals surface area contributed by atoms with Crippen LogP contribution in [0.25, 0.3) is 0 Å². The van der Waals surface area contributed by atoms with Gasteiger partial charge in [-0.25, -0.2) is 8.42 Å². The number of carbonyl (C=O) groups excluding carboxylic acids is 1. The van der Waals surface area contributed by atoms with Crippen LogP contribution in [0, 0.1) is 5.92 Å². The predicted octanol–water partition coefficient (Wildman–Crippen LogP) is 3.14. The van der Waals surface area contributed by atoms with E-state index >= 15 is 0 Å². The van der Waals surface area contributed by atoms with Crippen molar-refractivity contribution >= 4 is 27.5 Å². The van der Waals surface area contributed by atoms with Crippen molar-refractivity contribution in [2.45, 2.75) is 43.4 Å². The van der Waals surface area contributed by atoms with E-state index in [9.17, 15) is 13.2 Å². The molecule has 2 fully saturated rings. The standard InChI is InChI=1S/C18H25ClN2O3S/c19-16-7-3-4-8-17(16)25(23,24)21-13-9-15(10-14-21)18(22)20-11-5-1-2-6-12-20/h3-4,7-8,15H,1-2,5-6,9-14H2. The third kappa shape index (κ3) is 4.18. The van der Waals surface area contributed by atoms with Gasteiger partial charge in [-0.1, -0.05) is 36.6 Å². The van der Waals surface area contributed by atoms with Gasteiger partial charge in [0.2, 0.25) is 15.9 Å². The number of carbonyl (C=O) groups is 1. The Labute approximate surface area is 155 Å². The first-order valence-corrected chi connectivity index (χ1v) is 10.9. The zero-order chi connectivity index (χ0) is 17.9. The fraction of sp³-hybridized carbons (Fsp3) is 0.611. The highest BCUT2D eigenvalue weighted by molar-refractivity contribution is 7.89. The summed E-state index contributed by atoms with van der Waals surface area (Å²) in [6, 6.07) is 6.51. The molecule has 0 radical (unpaired) electrons. The van der Waals surface area contributed by atoms with Crippen molar-refractivity contribution in [2.75, 3.05) is 26.2 Å². The molecule has 1 aromatic carbocycles. The van der Waals surface area contributed by atoms with E-state index in [0.29, 0.717) is 25.9 Å². The number of benzene rings is 1. The number of hydrogen-bond donors (Lipinski definition) is 0. The first-order chi connectivity index (χ1) is 12.0. The SMILES string of the molecule is O=C(C1CCN(S(=O)(=O)c2ccccc2Cl)CC1)N1CCCCCC1. The van der Waals surface area contributed by atoms with E-state index in [0.717, 1.165) is 25.9 Å². The van der Waals surface area contributed by atoms with Gasteiger partial charge in [0.25, 0.3) is 0 Å². The summed E-state index contributed by atoms with van der Waals surface area (Å²) in [5.74, 6) is 0.146. The maximum atomic E-state index is 12.8. The molecule has 0 unspecified atom stereocenters. The van der Waals surface area contributed by atoms with E-state index in [4.69, 9.17) is 11.6 Å². The summed E-state index contributed by atoms with van der Waals surface area (Å²) < 4.78 is 27.0. The lowest BCUT2D eigenvalue weighted by atomic mass is 9.96. The van der Waals surface area contributed by atoms with Gasteiger partial charge in [-0.2, -0.15) is 4.31 Å². The van der Waals surface area contributed by atoms with Gasteiger partial charge in [-0.05, 0) is 37.8 Å². The normalized spacial score (nSPS) is 21.1. The molecule has 25 heavy (non-hydrogen) atoms. The van der Waals surface area contributed by atoms with E-state index in [1.54, 1.807) is 18.2 Å². The van der Waals surface area contributed by atoms with Gasteiger partial charge in [-0.15, -0.1) is 0 Å². The number of hydrogen-bond acceptors (Lipinski definition) is 3. The molecule has 2 aliphatic heterocycles. The average Bonchev–Trinajstić information content (AvgIpc) is 2.91. The Bertz CT molecular complexity index is 707. The minimum absolute atomic E-state index is 0.0594. The minimum atomic E-state index is -3.60. The molecule has 138 valence electrons. The zero-order valence-electron chi connectivity index (χ0n) is 14.4. The van der Waals surface area contributed by atoms with Crippen molar-refractivity contribution in [3.05, 3.63) is 29.3 Å². The van der Waals surface area contributed by atoms with E-state index in [2.05, 4.69) is 0 Å². The average molecular weight is 385 g/mol. The number of amides is 1. The Morgan fingerprint density at radius 2 is 1.56 bits per heavy atom. The van der Waals surface area contributed by atoms with Crippen molar-refractivity contribution in [3.63, 3.8) is 0 Å². The van der Waals surface area contributed by atoms with Crippen LogP contribution in [-0.2, 0) is 14.8 Å². The molecule has 0 aliphatic carbocycles. The quantitative estimate of drug-likeness (QED) is 0.804. The molecule has 0 saturated carbocycles. The second-order valence-corrected chi connectivity index (χ2v) is 9.16. The van der Waals surface area contributed by atoms with Gasteiger partial charge >= 0.3 is 0 Å². The Balaban J connectivity index is 1.63. The second kappa shape index (κ2) is 8.06. The van der Waals surface area contributed by atoms with Crippen LogP contribution in [0.3, 0.4) is 0 Å². The van der Waals surface area contributed by atoms with Gasteiger partial charge < -0.3 is 4.90 Å². The lowest BCUT2D eigenvalue weighted by Gasteiger charge is -2.33. The molecular formula is C18H25ClN2O3S. The van der Waals surface area contributed by atoms with E-state index < -0.39 is 10.0 Å². The van der Waals surface area contributed by atoms with Crippen LogP contribution in [0.5, 0.6) is 0 Å². The third-order valence-electron chi connectivity index (χ3n) is 5.18. The summed E-state index contributed by atoms with van der Waals surface area (Å²) in [5, 5.41) is 0.241. The highest BCUT2D eigenvalue weighted by Crippen LogP contribution is 2.29. The summed E-state index contributed by atoms with van der Waals surface area (Å²) in [4.78, 5) is 14.9. The van der Waals surface area contributed by atoms with Crippen molar-refractivity contribution in [3.8, 4) is 0 Å². The van der Waals surface area contributed by atoms with Gasteiger partial charge in [0.05, 0.1) is 5.02 Å². The maximum Gasteiger partial charge on any atom is 0.244 e. The molecule has 7 heteroatoms. The van der Waals surface area contributed by atoms with Crippen LogP contribution >= 0.6 is 11.6 Å². The lowest BCUT2D eigenvalue weighted by molar-refractivity contribution is -0.136. The van der Waals surface area contributed by atoms with Crippen molar-refractivity contribution in [2.24, 2.45) is 5.92 Å². The minimum Gasteiger partial charge on any atom is -0.342 e.